The lowest BCUT2D eigenvalue weighted by Crippen LogP contribution is -2.51. The summed E-state index contributed by atoms with van der Waals surface area (Å²) in [5, 5.41) is 2.77. The molecule has 2 amide bonds. The Morgan fingerprint density at radius 2 is 1.61 bits per heavy atom. The number of carbonyl (C=O) groups is 2. The molecule has 0 spiro atoms. The van der Waals surface area contributed by atoms with Gasteiger partial charge >= 0.3 is 0 Å². The van der Waals surface area contributed by atoms with Crippen LogP contribution in [0, 0.1) is 20.8 Å². The molecule has 0 fully saturated rings. The predicted molar refractivity (Wildman–Crippen MR) is 154 cm³/mol. The van der Waals surface area contributed by atoms with E-state index in [0.717, 1.165) is 31.0 Å². The maximum atomic E-state index is 13.9. The number of anilines is 1. The molecule has 3 aromatic rings. The zero-order valence-electron chi connectivity index (χ0n) is 22.4. The first-order chi connectivity index (χ1) is 17.9. The largest absolute Gasteiger partial charge is 0.355 e. The zero-order valence-corrected chi connectivity index (χ0v) is 24.8. The lowest BCUT2D eigenvalue weighted by molar-refractivity contribution is -0.139. The molecule has 0 bridgehead atoms. The van der Waals surface area contributed by atoms with Gasteiger partial charge in [-0.2, -0.15) is 0 Å². The Balaban J connectivity index is 2.07. The minimum Gasteiger partial charge on any atom is -0.355 e. The average Bonchev–Trinajstić information content (AvgIpc) is 2.86. The van der Waals surface area contributed by atoms with Crippen LogP contribution < -0.4 is 9.62 Å². The Kier molecular flexibility index (Phi) is 9.73. The van der Waals surface area contributed by atoms with Crippen molar-refractivity contribution in [2.45, 2.75) is 52.1 Å². The van der Waals surface area contributed by atoms with Crippen molar-refractivity contribution < 1.29 is 18.0 Å². The van der Waals surface area contributed by atoms with Crippen molar-refractivity contribution in [3.63, 3.8) is 0 Å². The molecule has 0 aliphatic rings. The second kappa shape index (κ2) is 12.6. The minimum absolute atomic E-state index is 0.0891. The molecule has 1 N–H and O–H groups in total. The van der Waals surface area contributed by atoms with Gasteiger partial charge in [0.15, 0.2) is 0 Å². The van der Waals surface area contributed by atoms with E-state index < -0.39 is 28.5 Å². The monoisotopic (exact) mass is 599 g/mol. The van der Waals surface area contributed by atoms with E-state index in [0.29, 0.717) is 12.2 Å². The van der Waals surface area contributed by atoms with E-state index in [1.54, 1.807) is 44.2 Å². The van der Waals surface area contributed by atoms with E-state index in [4.69, 9.17) is 0 Å². The van der Waals surface area contributed by atoms with Crippen LogP contribution in [0.1, 0.15) is 36.1 Å². The molecule has 0 aromatic heterocycles. The van der Waals surface area contributed by atoms with Gasteiger partial charge in [0.2, 0.25) is 11.8 Å². The molecule has 0 aliphatic carbocycles. The predicted octanol–water partition coefficient (Wildman–Crippen LogP) is 5.12. The van der Waals surface area contributed by atoms with E-state index in [-0.39, 0.29) is 17.3 Å². The van der Waals surface area contributed by atoms with Gasteiger partial charge in [0, 0.05) is 17.6 Å². The number of hydrogen-bond acceptors (Lipinski definition) is 4. The van der Waals surface area contributed by atoms with Crippen LogP contribution in [0.25, 0.3) is 0 Å². The number of likely N-dealkylation sites (N-methyl/N-ethyl adjacent to an activating group) is 1. The highest BCUT2D eigenvalue weighted by Gasteiger charge is 2.33. The molecule has 0 unspecified atom stereocenters. The highest BCUT2D eigenvalue weighted by Crippen LogP contribution is 2.28. The van der Waals surface area contributed by atoms with E-state index in [1.165, 1.54) is 4.90 Å². The number of nitrogens with zero attached hydrogens (tertiary/aromatic N) is 2. The molecule has 0 aliphatic heterocycles. The lowest BCUT2D eigenvalue weighted by Gasteiger charge is -2.32. The average molecular weight is 601 g/mol. The quantitative estimate of drug-likeness (QED) is 0.350. The Labute approximate surface area is 234 Å². The van der Waals surface area contributed by atoms with Gasteiger partial charge in [-0.15, -0.1) is 0 Å². The van der Waals surface area contributed by atoms with Gasteiger partial charge in [-0.25, -0.2) is 8.42 Å². The van der Waals surface area contributed by atoms with Crippen LogP contribution in [0.4, 0.5) is 5.69 Å². The van der Waals surface area contributed by atoms with Crippen molar-refractivity contribution in [1.29, 1.82) is 0 Å². The van der Waals surface area contributed by atoms with Gasteiger partial charge in [-0.3, -0.25) is 13.9 Å². The zero-order chi connectivity index (χ0) is 28.0. The molecule has 0 heterocycles. The first kappa shape index (κ1) is 29.4. The van der Waals surface area contributed by atoms with Gasteiger partial charge in [-0.1, -0.05) is 63.5 Å². The summed E-state index contributed by atoms with van der Waals surface area (Å²) in [4.78, 5) is 28.2. The number of rotatable bonds is 10. The van der Waals surface area contributed by atoms with E-state index in [2.05, 4.69) is 21.2 Å². The summed E-state index contributed by atoms with van der Waals surface area (Å²) in [6, 6.07) is 18.6. The van der Waals surface area contributed by atoms with Gasteiger partial charge < -0.3 is 10.2 Å². The third kappa shape index (κ3) is 7.02. The first-order valence-corrected chi connectivity index (χ1v) is 14.7. The Bertz CT molecular complexity index is 1410. The minimum atomic E-state index is -4.09. The smallest absolute Gasteiger partial charge is 0.264 e. The molecule has 38 heavy (non-hydrogen) atoms. The number of sulfonamides is 1. The van der Waals surface area contributed by atoms with Gasteiger partial charge in [-0.05, 0) is 76.1 Å². The second-order valence-corrected chi connectivity index (χ2v) is 12.1. The fourth-order valence-corrected chi connectivity index (χ4v) is 6.10. The molecule has 7 nitrogen and oxygen atoms in total. The number of hydrogen-bond donors (Lipinski definition) is 1. The Morgan fingerprint density at radius 1 is 0.947 bits per heavy atom. The molecule has 3 rings (SSSR count). The Morgan fingerprint density at radius 3 is 2.21 bits per heavy atom. The molecular formula is C29H34BrN3O4S. The van der Waals surface area contributed by atoms with Crippen LogP contribution in [-0.2, 0) is 26.2 Å². The third-order valence-corrected chi connectivity index (χ3v) is 8.54. The van der Waals surface area contributed by atoms with E-state index in [1.807, 2.05) is 57.2 Å². The summed E-state index contributed by atoms with van der Waals surface area (Å²) in [5.74, 6) is -0.797. The standard InChI is InChI=1S/C29H34BrN3O4S/c1-6-31-29(35)23(5)32(18-24-8-7-9-25(30)17-24)28(34)19-33(27-15-12-21(3)16-22(27)4)38(36,37)26-13-10-20(2)11-14-26/h7-17,23H,6,18-19H2,1-5H3,(H,31,35)/t23-/m0/s1. The summed E-state index contributed by atoms with van der Waals surface area (Å²) in [6.07, 6.45) is 0. The first-order valence-electron chi connectivity index (χ1n) is 12.4. The molecular weight excluding hydrogens is 566 g/mol. The lowest BCUT2D eigenvalue weighted by atomic mass is 10.1. The van der Waals surface area contributed by atoms with Crippen LogP contribution in [0.3, 0.4) is 0 Å². The number of nitrogens with one attached hydrogen (secondary N) is 1. The normalized spacial score (nSPS) is 12.1. The topological polar surface area (TPSA) is 86.8 Å². The summed E-state index contributed by atoms with van der Waals surface area (Å²) < 4.78 is 29.8. The highest BCUT2D eigenvalue weighted by atomic mass is 79.9. The van der Waals surface area contributed by atoms with Crippen LogP contribution >= 0.6 is 15.9 Å². The number of halogens is 1. The maximum absolute atomic E-state index is 13.9. The van der Waals surface area contributed by atoms with Crippen LogP contribution in [0.5, 0.6) is 0 Å². The molecule has 9 heteroatoms. The number of benzene rings is 3. The van der Waals surface area contributed by atoms with Gasteiger partial charge in [0.1, 0.15) is 12.6 Å². The fourth-order valence-electron chi connectivity index (χ4n) is 4.17. The summed E-state index contributed by atoms with van der Waals surface area (Å²) in [7, 11) is -4.09. The number of aryl methyl sites for hydroxylation is 3. The molecule has 0 saturated heterocycles. The van der Waals surface area contributed by atoms with Crippen LogP contribution in [0.2, 0.25) is 0 Å². The van der Waals surface area contributed by atoms with Gasteiger partial charge in [0.05, 0.1) is 10.6 Å². The summed E-state index contributed by atoms with van der Waals surface area (Å²) in [5.41, 5.74) is 3.85. The van der Waals surface area contributed by atoms with Crippen molar-refractivity contribution in [2.24, 2.45) is 0 Å². The molecule has 0 saturated carbocycles. The third-order valence-electron chi connectivity index (χ3n) is 6.27. The molecule has 0 radical (unpaired) electrons. The van der Waals surface area contributed by atoms with Crippen molar-refractivity contribution in [3.8, 4) is 0 Å². The number of carbonyl (C=O) groups excluding carboxylic acids is 2. The van der Waals surface area contributed by atoms with E-state index in [9.17, 15) is 18.0 Å². The van der Waals surface area contributed by atoms with Crippen molar-refractivity contribution in [3.05, 3.63) is 93.5 Å². The maximum Gasteiger partial charge on any atom is 0.264 e. The fraction of sp³-hybridized carbons (Fsp3) is 0.310. The molecule has 202 valence electrons. The highest BCUT2D eigenvalue weighted by molar-refractivity contribution is 9.10. The Hall–Kier alpha value is -3.17. The van der Waals surface area contributed by atoms with Gasteiger partial charge in [0.25, 0.3) is 10.0 Å². The van der Waals surface area contributed by atoms with Crippen molar-refractivity contribution >= 4 is 43.5 Å². The molecule has 3 aromatic carbocycles. The van der Waals surface area contributed by atoms with Crippen molar-refractivity contribution in [2.75, 3.05) is 17.4 Å². The van der Waals surface area contributed by atoms with Crippen LogP contribution in [0.15, 0.2) is 76.1 Å². The SMILES string of the molecule is CCNC(=O)[C@H](C)N(Cc1cccc(Br)c1)C(=O)CN(c1ccc(C)cc1C)S(=O)(=O)c1ccc(C)cc1. The summed E-state index contributed by atoms with van der Waals surface area (Å²) >= 11 is 3.45. The molecule has 1 atom stereocenters. The summed E-state index contributed by atoms with van der Waals surface area (Å²) in [6.45, 7) is 9.18. The van der Waals surface area contributed by atoms with Crippen molar-refractivity contribution in [1.82, 2.24) is 10.2 Å². The number of amides is 2. The van der Waals surface area contributed by atoms with Crippen LogP contribution in [-0.4, -0.2) is 44.3 Å². The van der Waals surface area contributed by atoms with E-state index >= 15 is 0 Å². The second-order valence-electron chi connectivity index (χ2n) is 9.34.